The molecule has 1 heterocycles. The van der Waals surface area contributed by atoms with Gasteiger partial charge in [-0.05, 0) is 23.1 Å². The van der Waals surface area contributed by atoms with E-state index in [0.29, 0.717) is 19.5 Å². The first kappa shape index (κ1) is 14.8. The maximum absolute atomic E-state index is 12.5. The van der Waals surface area contributed by atoms with E-state index in [9.17, 15) is 4.79 Å². The molecule has 2 aromatic rings. The molecule has 0 aromatic heterocycles. The van der Waals surface area contributed by atoms with Gasteiger partial charge >= 0.3 is 0 Å². The normalized spacial score (nSPS) is 18.6. The topological polar surface area (TPSA) is 46.3 Å². The molecular formula is C19H22N2O. The quantitative estimate of drug-likeness (QED) is 0.946. The number of carbonyl (C=O) groups excluding carboxylic acids is 1. The third-order valence-corrected chi connectivity index (χ3v) is 4.47. The number of rotatable bonds is 3. The Hall–Kier alpha value is -2.13. The molecule has 0 unspecified atom stereocenters. The van der Waals surface area contributed by atoms with Crippen molar-refractivity contribution in [3.8, 4) is 0 Å². The molecule has 2 atom stereocenters. The van der Waals surface area contributed by atoms with Gasteiger partial charge in [0.15, 0.2) is 0 Å². The van der Waals surface area contributed by atoms with E-state index in [1.165, 1.54) is 16.7 Å². The van der Waals surface area contributed by atoms with E-state index in [2.05, 4.69) is 42.5 Å². The van der Waals surface area contributed by atoms with Gasteiger partial charge in [0.1, 0.15) is 0 Å². The second kappa shape index (κ2) is 6.32. The molecule has 0 saturated carbocycles. The van der Waals surface area contributed by atoms with Crippen molar-refractivity contribution in [2.75, 3.05) is 6.54 Å². The van der Waals surface area contributed by atoms with Crippen LogP contribution in [0.15, 0.2) is 54.6 Å². The van der Waals surface area contributed by atoms with E-state index < -0.39 is 6.04 Å². The fourth-order valence-electron chi connectivity index (χ4n) is 3.15. The van der Waals surface area contributed by atoms with Gasteiger partial charge in [-0.3, -0.25) is 4.79 Å². The van der Waals surface area contributed by atoms with Crippen LogP contribution >= 0.6 is 0 Å². The van der Waals surface area contributed by atoms with Crippen molar-refractivity contribution in [2.45, 2.75) is 31.8 Å². The third-order valence-electron chi connectivity index (χ3n) is 4.47. The standard InChI is InChI=1S/C19H22N2O/c1-2-18(20)19(22)21-12-15-10-6-7-11-16(15)17(13-21)14-8-4-3-5-9-14/h3-11,17-18H,2,12-13,20H2,1H3/t17-,18-/m0/s1. The second-order valence-electron chi connectivity index (χ2n) is 5.90. The lowest BCUT2D eigenvalue weighted by atomic mass is 9.84. The first-order valence-electron chi connectivity index (χ1n) is 7.87. The number of hydrogen-bond acceptors (Lipinski definition) is 2. The molecule has 3 rings (SSSR count). The fraction of sp³-hybridized carbons (Fsp3) is 0.316. The lowest BCUT2D eigenvalue weighted by Crippen LogP contribution is -2.46. The summed E-state index contributed by atoms with van der Waals surface area (Å²) in [7, 11) is 0. The lowest BCUT2D eigenvalue weighted by Gasteiger charge is -2.36. The minimum Gasteiger partial charge on any atom is -0.336 e. The Morgan fingerprint density at radius 3 is 2.59 bits per heavy atom. The van der Waals surface area contributed by atoms with Crippen LogP contribution in [0.5, 0.6) is 0 Å². The van der Waals surface area contributed by atoms with E-state index in [1.807, 2.05) is 24.0 Å². The van der Waals surface area contributed by atoms with E-state index in [-0.39, 0.29) is 11.8 Å². The molecule has 0 spiro atoms. The van der Waals surface area contributed by atoms with E-state index in [4.69, 9.17) is 5.73 Å². The highest BCUT2D eigenvalue weighted by molar-refractivity contribution is 5.82. The van der Waals surface area contributed by atoms with Crippen LogP contribution in [0.2, 0.25) is 0 Å². The van der Waals surface area contributed by atoms with Gasteiger partial charge in [0.05, 0.1) is 6.04 Å². The average molecular weight is 294 g/mol. The number of nitrogens with two attached hydrogens (primary N) is 1. The summed E-state index contributed by atoms with van der Waals surface area (Å²) in [6.07, 6.45) is 0.674. The predicted octanol–water partition coefficient (Wildman–Crippen LogP) is 2.90. The highest BCUT2D eigenvalue weighted by Crippen LogP contribution is 2.33. The minimum atomic E-state index is -0.401. The van der Waals surface area contributed by atoms with Crippen LogP contribution in [0, 0.1) is 0 Å². The monoisotopic (exact) mass is 294 g/mol. The Morgan fingerprint density at radius 2 is 1.86 bits per heavy atom. The fourth-order valence-corrected chi connectivity index (χ4v) is 3.15. The lowest BCUT2D eigenvalue weighted by molar-refractivity contribution is -0.133. The zero-order chi connectivity index (χ0) is 15.5. The van der Waals surface area contributed by atoms with Crippen molar-refractivity contribution >= 4 is 5.91 Å². The van der Waals surface area contributed by atoms with E-state index >= 15 is 0 Å². The van der Waals surface area contributed by atoms with Crippen molar-refractivity contribution < 1.29 is 4.79 Å². The van der Waals surface area contributed by atoms with Crippen LogP contribution in [-0.4, -0.2) is 23.4 Å². The second-order valence-corrected chi connectivity index (χ2v) is 5.90. The highest BCUT2D eigenvalue weighted by Gasteiger charge is 2.30. The van der Waals surface area contributed by atoms with Crippen LogP contribution in [0.4, 0.5) is 0 Å². The number of hydrogen-bond donors (Lipinski definition) is 1. The molecule has 0 aliphatic carbocycles. The Labute approximate surface area is 131 Å². The molecular weight excluding hydrogens is 272 g/mol. The van der Waals surface area contributed by atoms with Crippen molar-refractivity contribution in [1.29, 1.82) is 0 Å². The van der Waals surface area contributed by atoms with Crippen molar-refractivity contribution in [3.63, 3.8) is 0 Å². The Bertz CT molecular complexity index is 653. The molecule has 1 aliphatic rings. The summed E-state index contributed by atoms with van der Waals surface area (Å²) in [6.45, 7) is 3.31. The zero-order valence-corrected chi connectivity index (χ0v) is 12.9. The van der Waals surface area contributed by atoms with Crippen molar-refractivity contribution in [1.82, 2.24) is 4.90 Å². The Balaban J connectivity index is 1.97. The first-order valence-corrected chi connectivity index (χ1v) is 7.87. The van der Waals surface area contributed by atoms with Gasteiger partial charge in [0, 0.05) is 19.0 Å². The summed E-state index contributed by atoms with van der Waals surface area (Å²) in [4.78, 5) is 14.4. The van der Waals surface area contributed by atoms with Crippen LogP contribution in [0.3, 0.4) is 0 Å². The number of amides is 1. The maximum atomic E-state index is 12.5. The van der Waals surface area contributed by atoms with E-state index in [1.54, 1.807) is 0 Å². The van der Waals surface area contributed by atoms with Gasteiger partial charge in [0.2, 0.25) is 5.91 Å². The van der Waals surface area contributed by atoms with Gasteiger partial charge in [-0.1, -0.05) is 61.5 Å². The molecule has 114 valence electrons. The molecule has 3 heteroatoms. The van der Waals surface area contributed by atoms with Crippen molar-refractivity contribution in [2.24, 2.45) is 5.73 Å². The van der Waals surface area contributed by atoms with E-state index in [0.717, 1.165) is 0 Å². The molecule has 2 aromatic carbocycles. The van der Waals surface area contributed by atoms with Gasteiger partial charge in [0.25, 0.3) is 0 Å². The average Bonchev–Trinajstić information content (AvgIpc) is 2.60. The van der Waals surface area contributed by atoms with Gasteiger partial charge in [-0.25, -0.2) is 0 Å². The molecule has 3 nitrogen and oxygen atoms in total. The van der Waals surface area contributed by atoms with Crippen LogP contribution < -0.4 is 5.73 Å². The molecule has 22 heavy (non-hydrogen) atoms. The summed E-state index contributed by atoms with van der Waals surface area (Å²) in [5.41, 5.74) is 9.75. The molecule has 1 aliphatic heterocycles. The molecule has 0 bridgehead atoms. The molecule has 2 N–H and O–H groups in total. The highest BCUT2D eigenvalue weighted by atomic mass is 16.2. The molecule has 1 amide bonds. The minimum absolute atomic E-state index is 0.0536. The molecule has 0 radical (unpaired) electrons. The van der Waals surface area contributed by atoms with Gasteiger partial charge in [-0.15, -0.1) is 0 Å². The summed E-state index contributed by atoms with van der Waals surface area (Å²) in [6, 6.07) is 18.4. The summed E-state index contributed by atoms with van der Waals surface area (Å²) >= 11 is 0. The van der Waals surface area contributed by atoms with Gasteiger partial charge in [-0.2, -0.15) is 0 Å². The summed E-state index contributed by atoms with van der Waals surface area (Å²) in [5.74, 6) is 0.275. The van der Waals surface area contributed by atoms with Gasteiger partial charge < -0.3 is 10.6 Å². The smallest absolute Gasteiger partial charge is 0.239 e. The van der Waals surface area contributed by atoms with Crippen LogP contribution in [0.1, 0.15) is 36.0 Å². The number of fused-ring (bicyclic) bond motifs is 1. The Morgan fingerprint density at radius 1 is 1.18 bits per heavy atom. The third kappa shape index (κ3) is 2.77. The number of benzene rings is 2. The SMILES string of the molecule is CC[C@H](N)C(=O)N1Cc2ccccc2[C@H](c2ccccc2)C1. The molecule has 0 saturated heterocycles. The van der Waals surface area contributed by atoms with Crippen molar-refractivity contribution in [3.05, 3.63) is 71.3 Å². The predicted molar refractivity (Wildman–Crippen MR) is 88.4 cm³/mol. The summed E-state index contributed by atoms with van der Waals surface area (Å²) < 4.78 is 0. The van der Waals surface area contributed by atoms with Crippen LogP contribution in [-0.2, 0) is 11.3 Å². The molecule has 0 fully saturated rings. The number of nitrogens with zero attached hydrogens (tertiary/aromatic N) is 1. The Kier molecular flexibility index (Phi) is 4.25. The zero-order valence-electron chi connectivity index (χ0n) is 12.9. The summed E-state index contributed by atoms with van der Waals surface area (Å²) in [5, 5.41) is 0. The largest absolute Gasteiger partial charge is 0.336 e. The maximum Gasteiger partial charge on any atom is 0.239 e. The first-order chi connectivity index (χ1) is 10.7. The number of carbonyl (C=O) groups is 1. The van der Waals surface area contributed by atoms with Crippen LogP contribution in [0.25, 0.3) is 0 Å².